The van der Waals surface area contributed by atoms with E-state index in [2.05, 4.69) is 4.74 Å². The molecule has 0 aliphatic heterocycles. The third-order valence-corrected chi connectivity index (χ3v) is 1.26. The van der Waals surface area contributed by atoms with E-state index in [0.717, 1.165) is 0 Å². The van der Waals surface area contributed by atoms with Crippen LogP contribution in [0.1, 0.15) is 20.8 Å². The monoisotopic (exact) mass is 205 g/mol. The summed E-state index contributed by atoms with van der Waals surface area (Å²) in [7, 11) is 3.45. The zero-order valence-electron chi connectivity index (χ0n) is 9.40. The average Bonchev–Trinajstić information content (AvgIpc) is 2.05. The number of nitrogens with zero attached hydrogens (tertiary/aromatic N) is 1. The minimum Gasteiger partial charge on any atom is -0.464 e. The number of esters is 1. The number of carbonyl (C=O) groups is 2. The number of hydrogen-bond donors (Lipinski definition) is 1. The summed E-state index contributed by atoms with van der Waals surface area (Å²) in [6.07, 6.45) is -0.991. The van der Waals surface area contributed by atoms with Crippen molar-refractivity contribution in [2.45, 2.75) is 26.9 Å². The lowest BCUT2D eigenvalue weighted by molar-refractivity contribution is -0.151. The van der Waals surface area contributed by atoms with E-state index in [1.54, 1.807) is 21.0 Å². The van der Waals surface area contributed by atoms with E-state index < -0.39 is 12.1 Å². The highest BCUT2D eigenvalue weighted by atomic mass is 16.5. The number of amides is 1. The Hall–Kier alpha value is -1.10. The molecule has 0 aromatic carbocycles. The molecule has 14 heavy (non-hydrogen) atoms. The lowest BCUT2D eigenvalue weighted by Crippen LogP contribution is -2.18. The van der Waals surface area contributed by atoms with Gasteiger partial charge in [0.2, 0.25) is 5.91 Å². The molecule has 0 aliphatic rings. The first-order valence-corrected chi connectivity index (χ1v) is 4.35. The molecule has 0 bridgehead atoms. The standard InChI is InChI=1S/C5H10O3.C4H9NO/c1-3-8-5(7)4(2)6;1-4(6)5(2)3/h4,6H,3H2,1-2H3;1-3H3. The van der Waals surface area contributed by atoms with Crippen LogP contribution in [0.4, 0.5) is 0 Å². The van der Waals surface area contributed by atoms with Gasteiger partial charge in [-0.05, 0) is 13.8 Å². The van der Waals surface area contributed by atoms with Gasteiger partial charge < -0.3 is 14.7 Å². The third kappa shape index (κ3) is 10.9. The van der Waals surface area contributed by atoms with E-state index in [9.17, 15) is 9.59 Å². The highest BCUT2D eigenvalue weighted by molar-refractivity contribution is 5.73. The number of carbonyl (C=O) groups excluding carboxylic acids is 2. The van der Waals surface area contributed by atoms with Crippen molar-refractivity contribution < 1.29 is 19.4 Å². The molecule has 84 valence electrons. The van der Waals surface area contributed by atoms with Gasteiger partial charge in [0.05, 0.1) is 6.61 Å². The Morgan fingerprint density at radius 1 is 1.43 bits per heavy atom. The summed E-state index contributed by atoms with van der Waals surface area (Å²) < 4.78 is 4.41. The smallest absolute Gasteiger partial charge is 0.334 e. The van der Waals surface area contributed by atoms with Crippen molar-refractivity contribution in [1.82, 2.24) is 4.90 Å². The molecule has 0 fully saturated rings. The number of rotatable bonds is 2. The molecule has 1 atom stereocenters. The molecule has 0 saturated heterocycles. The third-order valence-electron chi connectivity index (χ3n) is 1.26. The zero-order valence-corrected chi connectivity index (χ0v) is 9.40. The van der Waals surface area contributed by atoms with E-state index in [4.69, 9.17) is 5.11 Å². The Morgan fingerprint density at radius 2 is 1.79 bits per heavy atom. The number of hydrogen-bond acceptors (Lipinski definition) is 4. The Kier molecular flexibility index (Phi) is 9.33. The van der Waals surface area contributed by atoms with E-state index >= 15 is 0 Å². The normalized spacial score (nSPS) is 10.7. The summed E-state index contributed by atoms with van der Waals surface area (Å²) in [6.45, 7) is 4.92. The maximum Gasteiger partial charge on any atom is 0.334 e. The lowest BCUT2D eigenvalue weighted by Gasteiger charge is -2.02. The van der Waals surface area contributed by atoms with Gasteiger partial charge in [-0.1, -0.05) is 0 Å². The van der Waals surface area contributed by atoms with Gasteiger partial charge >= 0.3 is 5.97 Å². The molecular formula is C9H19NO4. The summed E-state index contributed by atoms with van der Waals surface area (Å²) in [5.74, 6) is -0.470. The molecule has 5 heteroatoms. The highest BCUT2D eigenvalue weighted by Crippen LogP contribution is 1.84. The van der Waals surface area contributed by atoms with Gasteiger partial charge in [-0.25, -0.2) is 4.79 Å². The van der Waals surface area contributed by atoms with Crippen LogP contribution in [0.3, 0.4) is 0 Å². The maximum absolute atomic E-state index is 10.3. The van der Waals surface area contributed by atoms with E-state index in [-0.39, 0.29) is 5.91 Å². The Bertz CT molecular complexity index is 178. The van der Waals surface area contributed by atoms with Crippen LogP contribution in [0, 0.1) is 0 Å². The van der Waals surface area contributed by atoms with Crippen LogP contribution < -0.4 is 0 Å². The molecule has 0 aliphatic carbocycles. The first-order valence-electron chi connectivity index (χ1n) is 4.35. The number of ether oxygens (including phenoxy) is 1. The lowest BCUT2D eigenvalue weighted by atomic mass is 10.4. The largest absolute Gasteiger partial charge is 0.464 e. The van der Waals surface area contributed by atoms with Crippen LogP contribution in [-0.4, -0.2) is 48.7 Å². The Morgan fingerprint density at radius 3 is 1.86 bits per heavy atom. The predicted octanol–water partition coefficient (Wildman–Crippen LogP) is 0.0248. The quantitative estimate of drug-likeness (QED) is 0.646. The van der Waals surface area contributed by atoms with Crippen molar-refractivity contribution >= 4 is 11.9 Å². The van der Waals surface area contributed by atoms with E-state index in [0.29, 0.717) is 6.61 Å². The molecule has 1 N–H and O–H groups in total. The summed E-state index contributed by atoms with van der Waals surface area (Å²) in [4.78, 5) is 21.9. The fraction of sp³-hybridized carbons (Fsp3) is 0.778. The summed E-state index contributed by atoms with van der Waals surface area (Å²) in [5.41, 5.74) is 0. The fourth-order valence-corrected chi connectivity index (χ4v) is 0.263. The van der Waals surface area contributed by atoms with Crippen LogP contribution in [0.25, 0.3) is 0 Å². The molecule has 0 rings (SSSR count). The average molecular weight is 205 g/mol. The predicted molar refractivity (Wildman–Crippen MR) is 52.7 cm³/mol. The second kappa shape index (κ2) is 8.50. The van der Waals surface area contributed by atoms with Crippen molar-refractivity contribution in [3.05, 3.63) is 0 Å². The minimum atomic E-state index is -0.991. The van der Waals surface area contributed by atoms with E-state index in [1.807, 2.05) is 0 Å². The van der Waals surface area contributed by atoms with Gasteiger partial charge in [0.15, 0.2) is 0 Å². The molecule has 1 unspecified atom stereocenters. The van der Waals surface area contributed by atoms with Crippen molar-refractivity contribution in [2.24, 2.45) is 0 Å². The first kappa shape index (κ1) is 15.4. The molecule has 0 heterocycles. The van der Waals surface area contributed by atoms with Gasteiger partial charge in [0.1, 0.15) is 6.10 Å². The molecule has 5 nitrogen and oxygen atoms in total. The summed E-state index contributed by atoms with van der Waals surface area (Å²) in [5, 5.41) is 8.48. The summed E-state index contributed by atoms with van der Waals surface area (Å²) in [6, 6.07) is 0. The van der Waals surface area contributed by atoms with Crippen LogP contribution >= 0.6 is 0 Å². The molecule has 0 aromatic rings. The zero-order chi connectivity index (χ0) is 11.7. The maximum atomic E-state index is 10.3. The van der Waals surface area contributed by atoms with Crippen LogP contribution in [0.5, 0.6) is 0 Å². The van der Waals surface area contributed by atoms with Gasteiger partial charge in [0, 0.05) is 21.0 Å². The van der Waals surface area contributed by atoms with Crippen molar-refractivity contribution in [2.75, 3.05) is 20.7 Å². The second-order valence-electron chi connectivity index (χ2n) is 2.84. The highest BCUT2D eigenvalue weighted by Gasteiger charge is 2.07. The summed E-state index contributed by atoms with van der Waals surface area (Å²) >= 11 is 0. The van der Waals surface area contributed by atoms with Gasteiger partial charge in [-0.3, -0.25) is 4.79 Å². The molecule has 0 aromatic heterocycles. The Labute approximate surface area is 84.7 Å². The van der Waals surface area contributed by atoms with Crippen LogP contribution in [0.2, 0.25) is 0 Å². The second-order valence-corrected chi connectivity index (χ2v) is 2.84. The van der Waals surface area contributed by atoms with Crippen molar-refractivity contribution in [1.29, 1.82) is 0 Å². The SMILES string of the molecule is CC(=O)N(C)C.CCOC(=O)C(C)O. The number of aliphatic hydroxyl groups is 1. The van der Waals surface area contributed by atoms with Gasteiger partial charge in [-0.15, -0.1) is 0 Å². The van der Waals surface area contributed by atoms with E-state index in [1.165, 1.54) is 18.7 Å². The van der Waals surface area contributed by atoms with Gasteiger partial charge in [-0.2, -0.15) is 0 Å². The fourth-order valence-electron chi connectivity index (χ4n) is 0.263. The minimum absolute atomic E-state index is 0.0926. The Balaban J connectivity index is 0. The first-order chi connectivity index (χ1) is 6.32. The topological polar surface area (TPSA) is 66.8 Å². The molecular weight excluding hydrogens is 186 g/mol. The van der Waals surface area contributed by atoms with Crippen LogP contribution in [0.15, 0.2) is 0 Å². The van der Waals surface area contributed by atoms with Crippen molar-refractivity contribution in [3.63, 3.8) is 0 Å². The number of aliphatic hydroxyl groups excluding tert-OH is 1. The molecule has 0 saturated carbocycles. The molecule has 1 amide bonds. The van der Waals surface area contributed by atoms with Gasteiger partial charge in [0.25, 0.3) is 0 Å². The van der Waals surface area contributed by atoms with Crippen molar-refractivity contribution in [3.8, 4) is 0 Å². The molecule has 0 spiro atoms. The van der Waals surface area contributed by atoms with Crippen LogP contribution in [-0.2, 0) is 14.3 Å². The molecule has 0 radical (unpaired) electrons.